The maximum Gasteiger partial charge on any atom is 0.222 e. The van der Waals surface area contributed by atoms with Crippen LogP contribution in [0.15, 0.2) is 23.8 Å². The maximum atomic E-state index is 11.9. The van der Waals surface area contributed by atoms with Crippen LogP contribution in [0, 0.1) is 18.8 Å². The lowest BCUT2D eigenvalue weighted by molar-refractivity contribution is -0.124. The number of hydrogen-bond acceptors (Lipinski definition) is 2. The second kappa shape index (κ2) is 8.31. The van der Waals surface area contributed by atoms with E-state index in [1.54, 1.807) is 0 Å². The molecule has 1 aromatic rings. The Morgan fingerprint density at radius 3 is 2.79 bits per heavy atom. The van der Waals surface area contributed by atoms with Crippen LogP contribution in [0.2, 0.25) is 0 Å². The molecule has 0 saturated heterocycles. The van der Waals surface area contributed by atoms with Crippen LogP contribution >= 0.6 is 0 Å². The van der Waals surface area contributed by atoms with E-state index in [9.17, 15) is 4.79 Å². The molecule has 3 heteroatoms. The molecular weight excluding hydrogens is 346 g/mol. The third-order valence-corrected chi connectivity index (χ3v) is 6.69. The van der Waals surface area contributed by atoms with Crippen molar-refractivity contribution in [1.82, 2.24) is 5.32 Å². The summed E-state index contributed by atoms with van der Waals surface area (Å²) in [7, 11) is 0. The molecule has 28 heavy (non-hydrogen) atoms. The number of rotatable bonds is 6. The zero-order valence-corrected chi connectivity index (χ0v) is 18.5. The number of amides is 1. The van der Waals surface area contributed by atoms with E-state index < -0.39 is 0 Å². The average molecular weight is 384 g/mol. The fourth-order valence-corrected chi connectivity index (χ4v) is 5.13. The summed E-state index contributed by atoms with van der Waals surface area (Å²) in [6.45, 7) is 13.7. The molecule has 1 aromatic carbocycles. The lowest BCUT2D eigenvalue weighted by atomic mass is 9.66. The first-order valence-electron chi connectivity index (χ1n) is 11.0. The van der Waals surface area contributed by atoms with Crippen LogP contribution in [0.5, 0.6) is 5.75 Å². The molecule has 0 unspecified atom stereocenters. The number of allylic oxidation sites excluding steroid dienone is 2. The van der Waals surface area contributed by atoms with Crippen LogP contribution in [0.4, 0.5) is 0 Å². The Morgan fingerprint density at radius 2 is 2.07 bits per heavy atom. The molecule has 154 valence electrons. The summed E-state index contributed by atoms with van der Waals surface area (Å²) in [5.41, 5.74) is 5.50. The molecule has 0 fully saturated rings. The minimum Gasteiger partial charge on any atom is -0.487 e. The number of hydrogen-bond donors (Lipinski definition) is 1. The van der Waals surface area contributed by atoms with Crippen molar-refractivity contribution in [2.24, 2.45) is 11.8 Å². The Bertz CT molecular complexity index is 762. The zero-order valence-electron chi connectivity index (χ0n) is 18.5. The third kappa shape index (κ3) is 4.29. The summed E-state index contributed by atoms with van der Waals surface area (Å²) in [4.78, 5) is 11.9. The molecule has 1 amide bonds. The van der Waals surface area contributed by atoms with Crippen molar-refractivity contribution in [3.05, 3.63) is 40.5 Å². The number of ether oxygens (including phenoxy) is 1. The van der Waals surface area contributed by atoms with Gasteiger partial charge in [-0.25, -0.2) is 0 Å². The van der Waals surface area contributed by atoms with Gasteiger partial charge < -0.3 is 10.1 Å². The highest BCUT2D eigenvalue weighted by atomic mass is 16.5. The van der Waals surface area contributed by atoms with Gasteiger partial charge in [0.2, 0.25) is 5.91 Å². The molecule has 1 aliphatic heterocycles. The first kappa shape index (κ1) is 21.0. The smallest absolute Gasteiger partial charge is 0.222 e. The molecule has 3 nitrogen and oxygen atoms in total. The fourth-order valence-electron chi connectivity index (χ4n) is 5.13. The van der Waals surface area contributed by atoms with Gasteiger partial charge in [-0.05, 0) is 89.8 Å². The monoisotopic (exact) mass is 383 g/mol. The Hall–Kier alpha value is -1.77. The van der Waals surface area contributed by atoms with E-state index in [1.165, 1.54) is 22.3 Å². The highest BCUT2D eigenvalue weighted by molar-refractivity contribution is 5.78. The standard InChI is InChI=1S/C25H37NO2/c1-7-26-24(27)17(3)9-8-10-19-14-18(4)23-20-13-16(2)11-12-21(20)25(5,6)28-22(23)15-19/h11,14-15,17,20-21H,7-10,12-13H2,1-6H3,(H,26,27)/t17-,20-,21-/m1/s1. The van der Waals surface area contributed by atoms with Crippen molar-refractivity contribution < 1.29 is 9.53 Å². The Balaban J connectivity index is 1.75. The topological polar surface area (TPSA) is 38.3 Å². The number of aryl methyl sites for hydroxylation is 2. The van der Waals surface area contributed by atoms with Crippen molar-refractivity contribution >= 4 is 5.91 Å². The Morgan fingerprint density at radius 1 is 1.32 bits per heavy atom. The van der Waals surface area contributed by atoms with Crippen LogP contribution < -0.4 is 10.1 Å². The second-order valence-electron chi connectivity index (χ2n) is 9.42. The highest BCUT2D eigenvalue weighted by Gasteiger charge is 2.45. The first-order valence-corrected chi connectivity index (χ1v) is 11.0. The van der Waals surface area contributed by atoms with Crippen LogP contribution in [-0.4, -0.2) is 18.1 Å². The number of nitrogens with one attached hydrogen (secondary N) is 1. The lowest BCUT2D eigenvalue weighted by Crippen LogP contribution is -2.45. The molecule has 0 bridgehead atoms. The van der Waals surface area contributed by atoms with Gasteiger partial charge in [-0.3, -0.25) is 4.79 Å². The van der Waals surface area contributed by atoms with E-state index >= 15 is 0 Å². The summed E-state index contributed by atoms with van der Waals surface area (Å²) < 4.78 is 6.55. The number of fused-ring (bicyclic) bond motifs is 3. The first-order chi connectivity index (χ1) is 13.2. The largest absolute Gasteiger partial charge is 0.487 e. The molecule has 0 aromatic heterocycles. The van der Waals surface area contributed by atoms with E-state index in [-0.39, 0.29) is 17.4 Å². The third-order valence-electron chi connectivity index (χ3n) is 6.69. The van der Waals surface area contributed by atoms with Crippen LogP contribution in [0.3, 0.4) is 0 Å². The summed E-state index contributed by atoms with van der Waals surface area (Å²) in [6.07, 6.45) is 7.60. The van der Waals surface area contributed by atoms with Gasteiger partial charge in [-0.15, -0.1) is 0 Å². The van der Waals surface area contributed by atoms with Crippen molar-refractivity contribution in [2.75, 3.05) is 6.54 Å². The molecule has 0 spiro atoms. The van der Waals surface area contributed by atoms with E-state index in [4.69, 9.17) is 4.74 Å². The van der Waals surface area contributed by atoms with Gasteiger partial charge in [0, 0.05) is 23.9 Å². The number of carbonyl (C=O) groups is 1. The van der Waals surface area contributed by atoms with Gasteiger partial charge in [0.25, 0.3) is 0 Å². The Labute approximate surface area is 170 Å². The number of carbonyl (C=O) groups excluding carboxylic acids is 1. The molecule has 1 aliphatic carbocycles. The SMILES string of the molecule is CCNC(=O)[C@H](C)CCCc1cc(C)c2c(c1)OC(C)(C)[C@@H]1CC=C(C)C[C@@H]21. The molecule has 1 heterocycles. The van der Waals surface area contributed by atoms with Gasteiger partial charge in [-0.1, -0.05) is 24.6 Å². The van der Waals surface area contributed by atoms with Gasteiger partial charge in [-0.2, -0.15) is 0 Å². The number of benzene rings is 1. The van der Waals surface area contributed by atoms with Gasteiger partial charge in [0.15, 0.2) is 0 Å². The quantitative estimate of drug-likeness (QED) is 0.640. The van der Waals surface area contributed by atoms with E-state index in [0.717, 1.165) is 37.9 Å². The van der Waals surface area contributed by atoms with Crippen LogP contribution in [0.25, 0.3) is 0 Å². The summed E-state index contributed by atoms with van der Waals surface area (Å²) in [5.74, 6) is 2.45. The minimum atomic E-state index is -0.132. The molecule has 2 aliphatic rings. The van der Waals surface area contributed by atoms with Crippen molar-refractivity contribution in [3.63, 3.8) is 0 Å². The van der Waals surface area contributed by atoms with Gasteiger partial charge >= 0.3 is 0 Å². The highest BCUT2D eigenvalue weighted by Crippen LogP contribution is 2.52. The molecule has 0 saturated carbocycles. The molecular formula is C25H37NO2. The van der Waals surface area contributed by atoms with E-state index in [1.807, 2.05) is 13.8 Å². The normalized spacial score (nSPS) is 23.7. The maximum absolute atomic E-state index is 11.9. The molecule has 0 radical (unpaired) electrons. The van der Waals surface area contributed by atoms with Crippen molar-refractivity contribution in [2.45, 2.75) is 85.2 Å². The van der Waals surface area contributed by atoms with E-state index in [0.29, 0.717) is 18.4 Å². The molecule has 3 atom stereocenters. The fraction of sp³-hybridized carbons (Fsp3) is 0.640. The molecule has 1 N–H and O–H groups in total. The van der Waals surface area contributed by atoms with Crippen molar-refractivity contribution in [1.29, 1.82) is 0 Å². The van der Waals surface area contributed by atoms with Crippen LogP contribution in [-0.2, 0) is 11.2 Å². The summed E-state index contributed by atoms with van der Waals surface area (Å²) in [6, 6.07) is 4.62. The summed E-state index contributed by atoms with van der Waals surface area (Å²) >= 11 is 0. The van der Waals surface area contributed by atoms with Crippen LogP contribution in [0.1, 0.15) is 82.9 Å². The predicted molar refractivity (Wildman–Crippen MR) is 116 cm³/mol. The van der Waals surface area contributed by atoms with Gasteiger partial charge in [0.05, 0.1) is 0 Å². The second-order valence-corrected chi connectivity index (χ2v) is 9.42. The minimum absolute atomic E-state index is 0.0756. The average Bonchev–Trinajstić information content (AvgIpc) is 2.60. The zero-order chi connectivity index (χ0) is 20.5. The van der Waals surface area contributed by atoms with E-state index in [2.05, 4.69) is 51.2 Å². The summed E-state index contributed by atoms with van der Waals surface area (Å²) in [5, 5.41) is 2.92. The van der Waals surface area contributed by atoms with Gasteiger partial charge in [0.1, 0.15) is 11.4 Å². The predicted octanol–water partition coefficient (Wildman–Crippen LogP) is 5.70. The lowest BCUT2D eigenvalue weighted by Gasteiger charge is -2.47. The Kier molecular flexibility index (Phi) is 6.21. The molecule has 3 rings (SSSR count). The van der Waals surface area contributed by atoms with Crippen molar-refractivity contribution in [3.8, 4) is 5.75 Å².